The molecule has 0 fully saturated rings. The summed E-state index contributed by atoms with van der Waals surface area (Å²) in [5.74, 6) is -1.00. The van der Waals surface area contributed by atoms with Crippen molar-refractivity contribution in [2.24, 2.45) is 5.41 Å². The number of amides is 1. The number of carboxylic acids is 1. The first kappa shape index (κ1) is 24.3. The van der Waals surface area contributed by atoms with Crippen molar-refractivity contribution in [2.75, 3.05) is 5.32 Å². The summed E-state index contributed by atoms with van der Waals surface area (Å²) in [5.41, 5.74) is 0.471. The quantitative estimate of drug-likeness (QED) is 0.281. The van der Waals surface area contributed by atoms with E-state index in [9.17, 15) is 14.7 Å². The maximum absolute atomic E-state index is 13.0. The van der Waals surface area contributed by atoms with Crippen LogP contribution in [-0.2, 0) is 9.53 Å². The van der Waals surface area contributed by atoms with Crippen LogP contribution in [0.4, 0.5) is 10.5 Å². The van der Waals surface area contributed by atoms with E-state index in [0.29, 0.717) is 24.1 Å². The number of phenolic OH excluding ortho intramolecular Hbond substituents is 1. The van der Waals surface area contributed by atoms with Crippen LogP contribution < -0.4 is 5.32 Å². The normalized spacial score (nSPS) is 12.6. The summed E-state index contributed by atoms with van der Waals surface area (Å²) in [5, 5.41) is 24.1. The van der Waals surface area contributed by atoms with Gasteiger partial charge in [-0.15, -0.1) is 0 Å². The van der Waals surface area contributed by atoms with Gasteiger partial charge in [0.25, 0.3) is 0 Å². The number of hydrogen-bond acceptors (Lipinski definition) is 4. The van der Waals surface area contributed by atoms with Gasteiger partial charge in [0, 0.05) is 26.9 Å². The molecule has 0 aliphatic heterocycles. The zero-order valence-corrected chi connectivity index (χ0v) is 20.0. The first-order chi connectivity index (χ1) is 15.7. The van der Waals surface area contributed by atoms with E-state index in [1.165, 1.54) is 0 Å². The number of rotatable bonds is 8. The number of ether oxygens (including phenoxy) is 1. The number of halogens is 1. The lowest BCUT2D eigenvalue weighted by atomic mass is 9.78. The van der Waals surface area contributed by atoms with Gasteiger partial charge in [-0.2, -0.15) is 0 Å². The van der Waals surface area contributed by atoms with Crippen molar-refractivity contribution in [3.63, 3.8) is 0 Å². The van der Waals surface area contributed by atoms with Gasteiger partial charge >= 0.3 is 12.1 Å². The van der Waals surface area contributed by atoms with E-state index in [1.807, 2.05) is 50.2 Å². The number of fused-ring (bicyclic) bond motifs is 1. The van der Waals surface area contributed by atoms with Gasteiger partial charge in [0.2, 0.25) is 0 Å². The highest BCUT2D eigenvalue weighted by Gasteiger charge is 2.35. The van der Waals surface area contributed by atoms with Gasteiger partial charge < -0.3 is 14.9 Å². The molecule has 172 valence electrons. The monoisotopic (exact) mass is 511 g/mol. The molecule has 6 nitrogen and oxygen atoms in total. The van der Waals surface area contributed by atoms with Crippen molar-refractivity contribution >= 4 is 44.5 Å². The molecule has 0 saturated carbocycles. The second-order valence-corrected chi connectivity index (χ2v) is 9.32. The third-order valence-corrected chi connectivity index (χ3v) is 5.94. The predicted octanol–water partition coefficient (Wildman–Crippen LogP) is 7.04. The lowest BCUT2D eigenvalue weighted by Crippen LogP contribution is -2.29. The van der Waals surface area contributed by atoms with Crippen molar-refractivity contribution in [1.82, 2.24) is 0 Å². The molecule has 3 aromatic carbocycles. The Morgan fingerprint density at radius 3 is 2.61 bits per heavy atom. The molecule has 3 rings (SSSR count). The number of carbonyl (C=O) groups is 2. The molecule has 0 radical (unpaired) electrons. The van der Waals surface area contributed by atoms with Crippen molar-refractivity contribution < 1.29 is 24.5 Å². The zero-order valence-electron chi connectivity index (χ0n) is 18.4. The van der Waals surface area contributed by atoms with Gasteiger partial charge in [0.1, 0.15) is 11.9 Å². The molecule has 1 atom stereocenters. The number of anilines is 1. The van der Waals surface area contributed by atoms with E-state index in [2.05, 4.69) is 21.2 Å². The summed E-state index contributed by atoms with van der Waals surface area (Å²) in [6, 6.07) is 18.3. The Morgan fingerprint density at radius 1 is 1.12 bits per heavy atom. The molecule has 0 aliphatic carbocycles. The molecule has 0 aromatic heterocycles. The fourth-order valence-corrected chi connectivity index (χ4v) is 4.11. The van der Waals surface area contributed by atoms with Gasteiger partial charge in [-0.05, 0) is 42.5 Å². The standard InChI is InChI=1S/C26H26BrNO5/c1-26(2,15-6-5-12-23(30)31)24(20-16-18(27)13-14-22(20)29)33-25(32)28-21-11-7-9-17-8-3-4-10-19(17)21/h3-5,7-14,16,24,29H,6,15H2,1-2H3,(H,28,32)(H,30,31)/b12-5+/t24-/m0/s1. The second kappa shape index (κ2) is 10.5. The van der Waals surface area contributed by atoms with Crippen LogP contribution in [0, 0.1) is 5.41 Å². The van der Waals surface area contributed by atoms with E-state index in [0.717, 1.165) is 21.3 Å². The predicted molar refractivity (Wildman–Crippen MR) is 132 cm³/mol. The lowest BCUT2D eigenvalue weighted by molar-refractivity contribution is -0.131. The summed E-state index contributed by atoms with van der Waals surface area (Å²) >= 11 is 3.41. The second-order valence-electron chi connectivity index (χ2n) is 8.41. The summed E-state index contributed by atoms with van der Waals surface area (Å²) in [4.78, 5) is 23.8. The minimum absolute atomic E-state index is 0.00955. The highest BCUT2D eigenvalue weighted by molar-refractivity contribution is 9.10. The van der Waals surface area contributed by atoms with Crippen LogP contribution in [0.25, 0.3) is 10.8 Å². The lowest BCUT2D eigenvalue weighted by Gasteiger charge is -2.34. The molecule has 0 spiro atoms. The third kappa shape index (κ3) is 6.35. The van der Waals surface area contributed by atoms with Crippen LogP contribution in [0.15, 0.2) is 77.3 Å². The average Bonchev–Trinajstić information content (AvgIpc) is 2.77. The highest BCUT2D eigenvalue weighted by atomic mass is 79.9. The van der Waals surface area contributed by atoms with E-state index in [4.69, 9.17) is 9.84 Å². The zero-order chi connectivity index (χ0) is 24.0. The Balaban J connectivity index is 1.88. The van der Waals surface area contributed by atoms with Crippen LogP contribution in [0.5, 0.6) is 5.75 Å². The van der Waals surface area contributed by atoms with E-state index in [-0.39, 0.29) is 5.75 Å². The van der Waals surface area contributed by atoms with Crippen LogP contribution in [-0.4, -0.2) is 22.3 Å². The van der Waals surface area contributed by atoms with Crippen molar-refractivity contribution in [3.8, 4) is 5.75 Å². The number of aromatic hydroxyl groups is 1. The van der Waals surface area contributed by atoms with Gasteiger partial charge in [-0.25, -0.2) is 9.59 Å². The van der Waals surface area contributed by atoms with Gasteiger partial charge in [-0.1, -0.05) is 72.3 Å². The number of nitrogens with one attached hydrogen (secondary N) is 1. The Bertz CT molecular complexity index is 1180. The molecule has 33 heavy (non-hydrogen) atoms. The minimum Gasteiger partial charge on any atom is -0.508 e. The van der Waals surface area contributed by atoms with Crippen molar-refractivity contribution in [3.05, 3.63) is 82.9 Å². The maximum Gasteiger partial charge on any atom is 0.412 e. The van der Waals surface area contributed by atoms with Crippen molar-refractivity contribution in [2.45, 2.75) is 32.8 Å². The van der Waals surface area contributed by atoms with Gasteiger partial charge in [0.05, 0.1) is 5.69 Å². The van der Waals surface area contributed by atoms with E-state index >= 15 is 0 Å². The first-order valence-electron chi connectivity index (χ1n) is 10.5. The molecule has 0 heterocycles. The average molecular weight is 512 g/mol. The highest BCUT2D eigenvalue weighted by Crippen LogP contribution is 2.44. The summed E-state index contributed by atoms with van der Waals surface area (Å²) in [7, 11) is 0. The number of benzene rings is 3. The largest absolute Gasteiger partial charge is 0.508 e. The summed E-state index contributed by atoms with van der Waals surface area (Å²) in [6.45, 7) is 3.83. The number of allylic oxidation sites excluding steroid dienone is 1. The molecule has 0 unspecified atom stereocenters. The smallest absolute Gasteiger partial charge is 0.412 e. The van der Waals surface area contributed by atoms with Crippen LogP contribution in [0.1, 0.15) is 38.4 Å². The number of hydrogen-bond donors (Lipinski definition) is 3. The Kier molecular flexibility index (Phi) is 7.76. The van der Waals surface area contributed by atoms with Gasteiger partial charge in [0.15, 0.2) is 0 Å². The fraction of sp³-hybridized carbons (Fsp3) is 0.231. The molecule has 7 heteroatoms. The molecular weight excluding hydrogens is 486 g/mol. The van der Waals surface area contributed by atoms with E-state index < -0.39 is 23.6 Å². The maximum atomic E-state index is 13.0. The molecule has 1 amide bonds. The SMILES string of the molecule is CC(C)(CC/C=C/C(=O)O)[C@@H](OC(=O)Nc1cccc2ccccc12)c1cc(Br)ccc1O. The summed E-state index contributed by atoms with van der Waals surface area (Å²) < 4.78 is 6.63. The third-order valence-electron chi connectivity index (χ3n) is 5.45. The molecule has 3 aromatic rings. The Labute approximate surface area is 201 Å². The first-order valence-corrected chi connectivity index (χ1v) is 11.3. The molecule has 0 saturated heterocycles. The fourth-order valence-electron chi connectivity index (χ4n) is 3.73. The van der Waals surface area contributed by atoms with Gasteiger partial charge in [-0.3, -0.25) is 5.32 Å². The van der Waals surface area contributed by atoms with Crippen molar-refractivity contribution in [1.29, 1.82) is 0 Å². The minimum atomic E-state index is -1.01. The van der Waals surface area contributed by atoms with Crippen LogP contribution >= 0.6 is 15.9 Å². The number of carboxylic acid groups (broad SMARTS) is 1. The molecule has 0 bridgehead atoms. The van der Waals surface area contributed by atoms with E-state index in [1.54, 1.807) is 30.3 Å². The molecular formula is C26H26BrNO5. The molecule has 3 N–H and O–H groups in total. The Morgan fingerprint density at radius 2 is 1.85 bits per heavy atom. The van der Waals surface area contributed by atoms with Crippen LogP contribution in [0.2, 0.25) is 0 Å². The number of carbonyl (C=O) groups excluding carboxylic acids is 1. The topological polar surface area (TPSA) is 95.9 Å². The number of phenols is 1. The summed E-state index contributed by atoms with van der Waals surface area (Å²) in [6.07, 6.45) is 2.22. The van der Waals surface area contributed by atoms with Crippen LogP contribution in [0.3, 0.4) is 0 Å². The molecule has 0 aliphatic rings. The number of aliphatic carboxylic acids is 1. The Hall–Kier alpha value is -3.32.